The number of nitrogens with one attached hydrogen (secondary N) is 2. The number of thioether (sulfide) groups is 1. The summed E-state index contributed by atoms with van der Waals surface area (Å²) < 4.78 is 0. The van der Waals surface area contributed by atoms with Crippen molar-refractivity contribution in [3.05, 3.63) is 30.3 Å². The highest BCUT2D eigenvalue weighted by molar-refractivity contribution is 7.98. The normalized spacial score (nSPS) is 10.2. The second kappa shape index (κ2) is 6.44. The average molecular weight is 290 g/mol. The maximum absolute atomic E-state index is 5.41. The van der Waals surface area contributed by atoms with Crippen LogP contribution in [-0.4, -0.2) is 30.3 Å². The van der Waals surface area contributed by atoms with Crippen molar-refractivity contribution in [1.29, 1.82) is 0 Å². The maximum atomic E-state index is 5.41. The van der Waals surface area contributed by atoms with E-state index in [1.165, 1.54) is 11.8 Å². The summed E-state index contributed by atoms with van der Waals surface area (Å²) in [6.45, 7) is 0. The van der Waals surface area contributed by atoms with Gasteiger partial charge in [0.2, 0.25) is 0 Å². The Morgan fingerprint density at radius 1 is 1.10 bits per heavy atom. The zero-order chi connectivity index (χ0) is 14.5. The minimum absolute atomic E-state index is 0.580. The van der Waals surface area contributed by atoms with Crippen LogP contribution in [-0.2, 0) is 0 Å². The summed E-state index contributed by atoms with van der Waals surface area (Å²) in [5, 5.41) is 3.90. The lowest BCUT2D eigenvalue weighted by Crippen LogP contribution is -2.10. The van der Waals surface area contributed by atoms with Crippen LogP contribution >= 0.6 is 11.8 Å². The third-order valence-electron chi connectivity index (χ3n) is 2.69. The van der Waals surface area contributed by atoms with Gasteiger partial charge in [0, 0.05) is 31.5 Å². The van der Waals surface area contributed by atoms with E-state index in [0.29, 0.717) is 16.8 Å². The lowest BCUT2D eigenvalue weighted by Gasteiger charge is -2.13. The predicted molar refractivity (Wildman–Crippen MR) is 85.7 cm³/mol. The van der Waals surface area contributed by atoms with E-state index < -0.39 is 0 Å². The summed E-state index contributed by atoms with van der Waals surface area (Å²) >= 11 is 1.46. The molecule has 7 heteroatoms. The SMILES string of the molecule is CSc1nc(NN)cc(Nc2ccc(N(C)C)cc2)n1. The maximum Gasteiger partial charge on any atom is 0.191 e. The van der Waals surface area contributed by atoms with Crippen LogP contribution in [0.25, 0.3) is 0 Å². The largest absolute Gasteiger partial charge is 0.378 e. The number of nitrogen functional groups attached to an aromatic ring is 1. The molecule has 0 unspecified atom stereocenters. The summed E-state index contributed by atoms with van der Waals surface area (Å²) in [5.41, 5.74) is 4.65. The Morgan fingerprint density at radius 2 is 1.75 bits per heavy atom. The highest BCUT2D eigenvalue weighted by Gasteiger charge is 2.04. The van der Waals surface area contributed by atoms with Crippen LogP contribution in [0.4, 0.5) is 23.0 Å². The van der Waals surface area contributed by atoms with E-state index in [1.54, 1.807) is 6.07 Å². The van der Waals surface area contributed by atoms with Crippen LogP contribution in [0.15, 0.2) is 35.5 Å². The van der Waals surface area contributed by atoms with Crippen molar-refractivity contribution in [3.8, 4) is 0 Å². The second-order valence-corrected chi connectivity index (χ2v) is 5.11. The summed E-state index contributed by atoms with van der Waals surface area (Å²) in [5.74, 6) is 6.69. The van der Waals surface area contributed by atoms with Crippen LogP contribution in [0.1, 0.15) is 0 Å². The third-order valence-corrected chi connectivity index (χ3v) is 3.24. The molecule has 0 fully saturated rings. The molecule has 2 rings (SSSR count). The van der Waals surface area contributed by atoms with Gasteiger partial charge < -0.3 is 15.6 Å². The zero-order valence-electron chi connectivity index (χ0n) is 11.7. The standard InChI is InChI=1S/C13H18N6S/c1-19(2)10-6-4-9(5-7-10)15-11-8-12(18-14)17-13(16-11)20-3/h4-8H,14H2,1-3H3,(H2,15,16,17,18). The lowest BCUT2D eigenvalue weighted by atomic mass is 10.2. The van der Waals surface area contributed by atoms with E-state index in [1.807, 2.05) is 44.6 Å². The van der Waals surface area contributed by atoms with Gasteiger partial charge >= 0.3 is 0 Å². The third kappa shape index (κ3) is 3.52. The number of benzene rings is 1. The first-order valence-corrected chi connectivity index (χ1v) is 7.29. The van der Waals surface area contributed by atoms with Gasteiger partial charge in [-0.3, -0.25) is 0 Å². The summed E-state index contributed by atoms with van der Waals surface area (Å²) in [4.78, 5) is 10.7. The number of hydrogen-bond donors (Lipinski definition) is 3. The van der Waals surface area contributed by atoms with E-state index in [2.05, 4.69) is 25.6 Å². The van der Waals surface area contributed by atoms with Crippen molar-refractivity contribution in [2.24, 2.45) is 5.84 Å². The lowest BCUT2D eigenvalue weighted by molar-refractivity contribution is 0.971. The van der Waals surface area contributed by atoms with Crippen molar-refractivity contribution in [1.82, 2.24) is 9.97 Å². The first-order chi connectivity index (χ1) is 9.62. The molecule has 6 nitrogen and oxygen atoms in total. The summed E-state index contributed by atoms with van der Waals surface area (Å²) in [6, 6.07) is 9.86. The number of nitrogens with zero attached hydrogens (tertiary/aromatic N) is 3. The molecule has 0 saturated carbocycles. The van der Waals surface area contributed by atoms with Crippen molar-refractivity contribution >= 4 is 34.8 Å². The Hall–Kier alpha value is -1.99. The fourth-order valence-corrected chi connectivity index (χ4v) is 2.02. The van der Waals surface area contributed by atoms with Gasteiger partial charge in [0.05, 0.1) is 0 Å². The predicted octanol–water partition coefficient (Wildman–Crippen LogP) is 2.29. The van der Waals surface area contributed by atoms with E-state index in [9.17, 15) is 0 Å². The number of hydrogen-bond acceptors (Lipinski definition) is 7. The molecule has 0 atom stereocenters. The molecule has 0 amide bonds. The number of nitrogens with two attached hydrogens (primary N) is 1. The van der Waals surface area contributed by atoms with Crippen LogP contribution in [0, 0.1) is 0 Å². The highest BCUT2D eigenvalue weighted by Crippen LogP contribution is 2.22. The fraction of sp³-hybridized carbons (Fsp3) is 0.231. The highest BCUT2D eigenvalue weighted by atomic mass is 32.2. The van der Waals surface area contributed by atoms with Crippen molar-refractivity contribution in [3.63, 3.8) is 0 Å². The molecular formula is C13H18N6S. The monoisotopic (exact) mass is 290 g/mol. The van der Waals surface area contributed by atoms with Crippen LogP contribution in [0.3, 0.4) is 0 Å². The quantitative estimate of drug-likeness (QED) is 0.337. The molecule has 0 aliphatic carbocycles. The van der Waals surface area contributed by atoms with Gasteiger partial charge in [-0.05, 0) is 30.5 Å². The number of anilines is 4. The topological polar surface area (TPSA) is 79.1 Å². The molecular weight excluding hydrogens is 272 g/mol. The Kier molecular flexibility index (Phi) is 4.65. The van der Waals surface area contributed by atoms with Gasteiger partial charge in [-0.2, -0.15) is 0 Å². The smallest absolute Gasteiger partial charge is 0.191 e. The summed E-state index contributed by atoms with van der Waals surface area (Å²) in [7, 11) is 4.02. The van der Waals surface area contributed by atoms with E-state index in [-0.39, 0.29) is 0 Å². The van der Waals surface area contributed by atoms with Gasteiger partial charge in [-0.15, -0.1) is 0 Å². The molecule has 0 aliphatic heterocycles. The molecule has 1 aromatic heterocycles. The molecule has 20 heavy (non-hydrogen) atoms. The fourth-order valence-electron chi connectivity index (χ4n) is 1.65. The Balaban J connectivity index is 2.20. The van der Waals surface area contributed by atoms with Crippen molar-refractivity contribution < 1.29 is 0 Å². The van der Waals surface area contributed by atoms with E-state index >= 15 is 0 Å². The Morgan fingerprint density at radius 3 is 2.30 bits per heavy atom. The minimum atomic E-state index is 0.580. The molecule has 106 valence electrons. The van der Waals surface area contributed by atoms with Gasteiger partial charge in [-0.25, -0.2) is 15.8 Å². The van der Waals surface area contributed by atoms with Gasteiger partial charge in [0.25, 0.3) is 0 Å². The minimum Gasteiger partial charge on any atom is -0.378 e. The van der Waals surface area contributed by atoms with Gasteiger partial charge in [0.1, 0.15) is 11.6 Å². The molecule has 0 spiro atoms. The average Bonchev–Trinajstić information content (AvgIpc) is 2.47. The molecule has 0 aliphatic rings. The van der Waals surface area contributed by atoms with Crippen LogP contribution in [0.2, 0.25) is 0 Å². The first kappa shape index (κ1) is 14.4. The number of rotatable bonds is 5. The molecule has 2 aromatic rings. The van der Waals surface area contributed by atoms with Crippen LogP contribution in [0.5, 0.6) is 0 Å². The number of aromatic nitrogens is 2. The molecule has 0 bridgehead atoms. The second-order valence-electron chi connectivity index (χ2n) is 4.34. The molecule has 0 saturated heterocycles. The summed E-state index contributed by atoms with van der Waals surface area (Å²) in [6.07, 6.45) is 1.92. The number of hydrazine groups is 1. The zero-order valence-corrected chi connectivity index (χ0v) is 12.5. The van der Waals surface area contributed by atoms with E-state index in [0.717, 1.165) is 11.4 Å². The Labute approximate surface area is 122 Å². The molecule has 0 radical (unpaired) electrons. The Bertz CT molecular complexity index is 547. The van der Waals surface area contributed by atoms with E-state index in [4.69, 9.17) is 5.84 Å². The van der Waals surface area contributed by atoms with Gasteiger partial charge in [0.15, 0.2) is 5.16 Å². The van der Waals surface area contributed by atoms with Gasteiger partial charge in [-0.1, -0.05) is 11.8 Å². The van der Waals surface area contributed by atoms with Crippen LogP contribution < -0.4 is 21.5 Å². The molecule has 4 N–H and O–H groups in total. The van der Waals surface area contributed by atoms with Crippen molar-refractivity contribution in [2.45, 2.75) is 5.16 Å². The molecule has 1 heterocycles. The molecule has 1 aromatic carbocycles. The first-order valence-electron chi connectivity index (χ1n) is 6.06. The van der Waals surface area contributed by atoms with Crippen molar-refractivity contribution in [2.75, 3.05) is 36.0 Å².